The third-order valence-corrected chi connectivity index (χ3v) is 7.21. The molecule has 0 saturated heterocycles. The van der Waals surface area contributed by atoms with Crippen LogP contribution in [-0.4, -0.2) is 17.0 Å². The molecular weight excluding hydrogens is 272 g/mol. The van der Waals surface area contributed by atoms with Gasteiger partial charge in [0.1, 0.15) is 0 Å². The van der Waals surface area contributed by atoms with E-state index in [2.05, 4.69) is 6.92 Å². The SMILES string of the molecule is [2H]C1([2H])C(=O)C=C2CC[C@H]3[C@@H]4CC(C)[C@H](O)[C@@]4(C)CC[C@@H]3[C@@]2(C([2H])([2H])[2H])C1([2H])[2H]. The van der Waals surface area contributed by atoms with Gasteiger partial charge in [0.25, 0.3) is 0 Å². The summed E-state index contributed by atoms with van der Waals surface area (Å²) in [6.07, 6.45) is -2.39. The van der Waals surface area contributed by atoms with Crippen molar-refractivity contribution in [3.8, 4) is 0 Å². The highest BCUT2D eigenvalue weighted by Gasteiger charge is 2.60. The highest BCUT2D eigenvalue weighted by molar-refractivity contribution is 5.91. The second-order valence-electron chi connectivity index (χ2n) is 8.21. The van der Waals surface area contributed by atoms with Crippen LogP contribution in [0.25, 0.3) is 0 Å². The summed E-state index contributed by atoms with van der Waals surface area (Å²) in [6.45, 7) is 1.29. The summed E-state index contributed by atoms with van der Waals surface area (Å²) >= 11 is 0. The average Bonchev–Trinajstić information content (AvgIpc) is 2.82. The molecule has 2 nitrogen and oxygen atoms in total. The van der Waals surface area contributed by atoms with Crippen molar-refractivity contribution in [2.24, 2.45) is 34.5 Å². The lowest BCUT2D eigenvalue weighted by molar-refractivity contribution is -0.118. The molecule has 7 atom stereocenters. The van der Waals surface area contributed by atoms with E-state index in [-0.39, 0.29) is 35.2 Å². The number of aliphatic hydroxyl groups excluding tert-OH is 1. The fourth-order valence-corrected chi connectivity index (χ4v) is 6.04. The van der Waals surface area contributed by atoms with E-state index in [0.717, 1.165) is 12.5 Å². The van der Waals surface area contributed by atoms with Crippen molar-refractivity contribution < 1.29 is 19.5 Å². The topological polar surface area (TPSA) is 37.3 Å². The van der Waals surface area contributed by atoms with Crippen LogP contribution in [0.1, 0.15) is 75.1 Å². The minimum absolute atomic E-state index is 0.0753. The zero-order valence-corrected chi connectivity index (χ0v) is 13.4. The number of hydrogen-bond donors (Lipinski definition) is 1. The first-order valence-electron chi connectivity index (χ1n) is 12.1. The Balaban J connectivity index is 1.92. The summed E-state index contributed by atoms with van der Waals surface area (Å²) in [4.78, 5) is 12.4. The maximum absolute atomic E-state index is 12.4. The molecule has 0 amide bonds. The summed E-state index contributed by atoms with van der Waals surface area (Å²) in [5.41, 5.74) is -2.08. The Morgan fingerprint density at radius 3 is 3.00 bits per heavy atom. The molecule has 3 fully saturated rings. The fourth-order valence-electron chi connectivity index (χ4n) is 6.04. The Morgan fingerprint density at radius 2 is 2.23 bits per heavy atom. The zero-order chi connectivity index (χ0) is 21.8. The number of hydrogen-bond acceptors (Lipinski definition) is 2. The molecule has 122 valence electrons. The zero-order valence-electron chi connectivity index (χ0n) is 20.4. The fraction of sp³-hybridized carbons (Fsp3) is 0.850. The van der Waals surface area contributed by atoms with E-state index in [1.165, 1.54) is 0 Å². The number of carbonyl (C=O) groups is 1. The van der Waals surface area contributed by atoms with Crippen LogP contribution in [0, 0.1) is 34.5 Å². The predicted molar refractivity (Wildman–Crippen MR) is 87.3 cm³/mol. The molecule has 0 aromatic carbocycles. The molecular formula is C20H30O2. The van der Waals surface area contributed by atoms with Crippen molar-refractivity contribution in [3.63, 3.8) is 0 Å². The number of rotatable bonds is 0. The van der Waals surface area contributed by atoms with Gasteiger partial charge in [0, 0.05) is 16.0 Å². The van der Waals surface area contributed by atoms with E-state index in [9.17, 15) is 9.90 Å². The number of allylic oxidation sites excluding steroid dienone is 1. The van der Waals surface area contributed by atoms with Crippen molar-refractivity contribution in [3.05, 3.63) is 11.6 Å². The van der Waals surface area contributed by atoms with E-state index < -0.39 is 42.8 Å². The van der Waals surface area contributed by atoms with E-state index in [4.69, 9.17) is 9.60 Å². The molecule has 0 bridgehead atoms. The molecule has 4 aliphatic carbocycles. The van der Waals surface area contributed by atoms with Crippen molar-refractivity contribution in [2.75, 3.05) is 0 Å². The molecule has 0 aliphatic heterocycles. The van der Waals surface area contributed by atoms with E-state index in [1.807, 2.05) is 6.92 Å². The molecule has 1 unspecified atom stereocenters. The Hall–Kier alpha value is -0.630. The van der Waals surface area contributed by atoms with Gasteiger partial charge in [-0.05, 0) is 79.1 Å². The maximum atomic E-state index is 12.4. The average molecular weight is 310 g/mol. The largest absolute Gasteiger partial charge is 0.392 e. The highest BCUT2D eigenvalue weighted by atomic mass is 16.3. The Morgan fingerprint density at radius 1 is 1.41 bits per heavy atom. The second kappa shape index (κ2) is 4.69. The molecule has 3 saturated carbocycles. The monoisotopic (exact) mass is 309 g/mol. The lowest BCUT2D eigenvalue weighted by Gasteiger charge is -2.57. The van der Waals surface area contributed by atoms with Crippen LogP contribution >= 0.6 is 0 Å². The predicted octanol–water partition coefficient (Wildman–Crippen LogP) is 4.13. The Kier molecular flexibility index (Phi) is 1.92. The van der Waals surface area contributed by atoms with Crippen LogP contribution in [0.5, 0.6) is 0 Å². The van der Waals surface area contributed by atoms with E-state index in [0.29, 0.717) is 19.3 Å². The normalized spacial score (nSPS) is 64.1. The van der Waals surface area contributed by atoms with Crippen LogP contribution in [0.2, 0.25) is 0 Å². The summed E-state index contributed by atoms with van der Waals surface area (Å²) < 4.78 is 59.2. The van der Waals surface area contributed by atoms with Gasteiger partial charge in [0.2, 0.25) is 0 Å². The number of ketones is 1. The van der Waals surface area contributed by atoms with Gasteiger partial charge in [0.15, 0.2) is 5.78 Å². The van der Waals surface area contributed by atoms with Crippen LogP contribution in [0.15, 0.2) is 11.6 Å². The third kappa shape index (κ3) is 1.79. The minimum Gasteiger partial charge on any atom is -0.392 e. The Bertz CT molecular complexity index is 773. The summed E-state index contributed by atoms with van der Waals surface area (Å²) in [7, 11) is 0. The lowest BCUT2D eigenvalue weighted by atomic mass is 9.47. The summed E-state index contributed by atoms with van der Waals surface area (Å²) in [5, 5.41) is 10.8. The van der Waals surface area contributed by atoms with E-state index in [1.54, 1.807) is 0 Å². The minimum atomic E-state index is -2.89. The van der Waals surface area contributed by atoms with Crippen molar-refractivity contribution >= 4 is 5.78 Å². The molecule has 0 heterocycles. The molecule has 0 radical (unpaired) electrons. The smallest absolute Gasteiger partial charge is 0.155 e. The first-order chi connectivity index (χ1) is 13.1. The third-order valence-electron chi connectivity index (χ3n) is 7.21. The molecule has 0 spiro atoms. The van der Waals surface area contributed by atoms with Crippen LogP contribution in [0.4, 0.5) is 0 Å². The molecule has 22 heavy (non-hydrogen) atoms. The number of fused-ring (bicyclic) bond motifs is 5. The lowest BCUT2D eigenvalue weighted by Crippen LogP contribution is -2.51. The molecule has 0 aromatic heterocycles. The molecule has 4 aliphatic rings. The van der Waals surface area contributed by atoms with Gasteiger partial charge in [-0.25, -0.2) is 0 Å². The van der Waals surface area contributed by atoms with Gasteiger partial charge in [-0.3, -0.25) is 4.79 Å². The first kappa shape index (κ1) is 9.01. The van der Waals surface area contributed by atoms with Gasteiger partial charge in [-0.1, -0.05) is 26.3 Å². The van der Waals surface area contributed by atoms with Gasteiger partial charge >= 0.3 is 0 Å². The summed E-state index contributed by atoms with van der Waals surface area (Å²) in [6, 6.07) is 0. The number of aliphatic hydroxyl groups is 1. The van der Waals surface area contributed by atoms with E-state index >= 15 is 0 Å². The summed E-state index contributed by atoms with van der Waals surface area (Å²) in [5.74, 6) is -1.48. The van der Waals surface area contributed by atoms with Crippen LogP contribution < -0.4 is 0 Å². The number of carbonyl (C=O) groups excluding carboxylic acids is 1. The van der Waals surface area contributed by atoms with Gasteiger partial charge in [0.05, 0.1) is 6.10 Å². The molecule has 2 heteroatoms. The molecule has 1 N–H and O–H groups in total. The van der Waals surface area contributed by atoms with Gasteiger partial charge in [-0.2, -0.15) is 0 Å². The van der Waals surface area contributed by atoms with Gasteiger partial charge in [-0.15, -0.1) is 0 Å². The maximum Gasteiger partial charge on any atom is 0.155 e. The van der Waals surface area contributed by atoms with Crippen molar-refractivity contribution in [1.82, 2.24) is 0 Å². The van der Waals surface area contributed by atoms with Crippen molar-refractivity contribution in [2.45, 2.75) is 71.7 Å². The van der Waals surface area contributed by atoms with Crippen LogP contribution in [-0.2, 0) is 4.79 Å². The molecule has 0 aromatic rings. The molecule has 4 rings (SSSR count). The van der Waals surface area contributed by atoms with Crippen LogP contribution in [0.3, 0.4) is 0 Å². The standard InChI is InChI=1S/C20H30O2/c1-12-10-17-15-5-4-13-11-14(21)6-8-19(13,2)16(15)7-9-20(17,3)18(12)22/h11-12,15-18,22H,4-10H2,1-3H3/t12?,15-,16+,17+,18+,19+,20+/m1/s1/i2D3,6D2,8D2. The quantitative estimate of drug-likeness (QED) is 0.730. The van der Waals surface area contributed by atoms with Crippen molar-refractivity contribution in [1.29, 1.82) is 0 Å². The highest BCUT2D eigenvalue weighted by Crippen LogP contribution is 2.65. The second-order valence-corrected chi connectivity index (χ2v) is 8.21. The van der Waals surface area contributed by atoms with Gasteiger partial charge < -0.3 is 5.11 Å². The Labute approximate surface area is 144 Å². The first-order valence-corrected chi connectivity index (χ1v) is 8.57.